The first kappa shape index (κ1) is 13.9. The Morgan fingerprint density at radius 2 is 1.89 bits per heavy atom. The molecule has 0 spiro atoms. The van der Waals surface area contributed by atoms with Crippen LogP contribution in [0.3, 0.4) is 0 Å². The van der Waals surface area contributed by atoms with E-state index in [9.17, 15) is 0 Å². The van der Waals surface area contributed by atoms with Crippen molar-refractivity contribution in [3.05, 3.63) is 34.9 Å². The monoisotopic (exact) mass is 266 g/mol. The first-order valence-electron chi connectivity index (χ1n) is 6.71. The summed E-state index contributed by atoms with van der Waals surface area (Å²) in [5, 5.41) is 4.52. The average Bonchev–Trinajstić information content (AvgIpc) is 2.23. The predicted molar refractivity (Wildman–Crippen MR) is 78.4 cm³/mol. The first-order valence-corrected chi connectivity index (χ1v) is 7.08. The number of likely N-dealkylation sites (N-methyl/N-ethyl adjacent to an activating group) is 1. The Labute approximate surface area is 115 Å². The molecule has 0 amide bonds. The van der Waals surface area contributed by atoms with E-state index in [4.69, 9.17) is 11.6 Å². The van der Waals surface area contributed by atoms with Crippen molar-refractivity contribution in [1.29, 1.82) is 0 Å². The van der Waals surface area contributed by atoms with Crippen LogP contribution in [0.15, 0.2) is 24.3 Å². The number of hydrogen-bond acceptors (Lipinski definition) is 2. The third kappa shape index (κ3) is 3.71. The summed E-state index contributed by atoms with van der Waals surface area (Å²) in [6, 6.07) is 9.55. The van der Waals surface area contributed by atoms with E-state index in [2.05, 4.69) is 43.4 Å². The van der Waals surface area contributed by atoms with Crippen LogP contribution in [0.25, 0.3) is 0 Å². The highest BCUT2D eigenvalue weighted by atomic mass is 35.5. The van der Waals surface area contributed by atoms with Crippen LogP contribution in [0.5, 0.6) is 0 Å². The molecule has 2 rings (SSSR count). The van der Waals surface area contributed by atoms with Gasteiger partial charge in [0.05, 0.1) is 0 Å². The molecule has 0 radical (unpaired) electrons. The number of nitrogens with zero attached hydrogens (tertiary/aromatic N) is 1. The molecule has 1 aliphatic rings. The molecule has 1 fully saturated rings. The van der Waals surface area contributed by atoms with E-state index in [0.717, 1.165) is 11.6 Å². The summed E-state index contributed by atoms with van der Waals surface area (Å²) in [5.74, 6) is 0.714. The largest absolute Gasteiger partial charge is 0.310 e. The minimum absolute atomic E-state index is 0.566. The third-order valence-electron chi connectivity index (χ3n) is 3.64. The molecular weight excluding hydrogens is 244 g/mol. The molecule has 3 heteroatoms. The molecule has 0 aliphatic heterocycles. The Balaban J connectivity index is 1.75. The summed E-state index contributed by atoms with van der Waals surface area (Å²) in [6.07, 6.45) is 2.50. The lowest BCUT2D eigenvalue weighted by atomic mass is 9.75. The van der Waals surface area contributed by atoms with Crippen LogP contribution >= 0.6 is 11.6 Å². The van der Waals surface area contributed by atoms with Crippen LogP contribution in [-0.4, -0.2) is 37.6 Å². The molecular formula is C15H23ClN2. The molecule has 1 aliphatic carbocycles. The van der Waals surface area contributed by atoms with E-state index in [1.54, 1.807) is 0 Å². The van der Waals surface area contributed by atoms with Gasteiger partial charge >= 0.3 is 0 Å². The predicted octanol–water partition coefficient (Wildman–Crippen LogP) is 3.13. The summed E-state index contributed by atoms with van der Waals surface area (Å²) in [7, 11) is 4.24. The Morgan fingerprint density at radius 3 is 2.44 bits per heavy atom. The zero-order valence-electron chi connectivity index (χ0n) is 11.5. The van der Waals surface area contributed by atoms with Gasteiger partial charge in [0.25, 0.3) is 0 Å². The lowest BCUT2D eigenvalue weighted by Crippen LogP contribution is -2.47. The molecule has 1 aromatic rings. The van der Waals surface area contributed by atoms with Gasteiger partial charge in [0, 0.05) is 23.7 Å². The molecule has 1 saturated carbocycles. The maximum atomic E-state index is 5.91. The van der Waals surface area contributed by atoms with E-state index in [1.807, 2.05) is 12.1 Å². The number of halogens is 1. The Morgan fingerprint density at radius 1 is 1.28 bits per heavy atom. The normalized spacial score (nSPS) is 24.9. The Hall–Kier alpha value is -0.570. The van der Waals surface area contributed by atoms with E-state index < -0.39 is 0 Å². The van der Waals surface area contributed by atoms with Crippen molar-refractivity contribution in [2.75, 3.05) is 20.6 Å². The SMILES string of the molecule is CC(CN(C)C)NC1CC(c2ccc(Cl)cc2)C1. The lowest BCUT2D eigenvalue weighted by Gasteiger charge is -2.38. The molecule has 0 bridgehead atoms. The summed E-state index contributed by atoms with van der Waals surface area (Å²) in [4.78, 5) is 2.23. The fraction of sp³-hybridized carbons (Fsp3) is 0.600. The van der Waals surface area contributed by atoms with E-state index in [0.29, 0.717) is 18.0 Å². The van der Waals surface area contributed by atoms with Crippen molar-refractivity contribution in [2.24, 2.45) is 0 Å². The molecule has 0 heterocycles. The van der Waals surface area contributed by atoms with Crippen LogP contribution in [-0.2, 0) is 0 Å². The van der Waals surface area contributed by atoms with Crippen molar-refractivity contribution in [1.82, 2.24) is 10.2 Å². The van der Waals surface area contributed by atoms with Crippen LogP contribution in [0.1, 0.15) is 31.2 Å². The fourth-order valence-corrected chi connectivity index (χ4v) is 2.89. The number of hydrogen-bond donors (Lipinski definition) is 1. The van der Waals surface area contributed by atoms with E-state index in [-0.39, 0.29) is 0 Å². The molecule has 1 aromatic carbocycles. The standard InChI is InChI=1S/C15H23ClN2/c1-11(10-18(2)3)17-15-8-13(9-15)12-4-6-14(16)7-5-12/h4-7,11,13,15,17H,8-10H2,1-3H3. The molecule has 0 aromatic heterocycles. The van der Waals surface area contributed by atoms with Gasteiger partial charge in [-0.25, -0.2) is 0 Å². The average molecular weight is 267 g/mol. The quantitative estimate of drug-likeness (QED) is 0.881. The summed E-state index contributed by atoms with van der Waals surface area (Å²) < 4.78 is 0. The number of benzene rings is 1. The van der Waals surface area contributed by atoms with Crippen LogP contribution < -0.4 is 5.32 Å². The van der Waals surface area contributed by atoms with Gasteiger partial charge in [0.15, 0.2) is 0 Å². The van der Waals surface area contributed by atoms with Gasteiger partial charge in [0.1, 0.15) is 0 Å². The van der Waals surface area contributed by atoms with Gasteiger partial charge in [0.2, 0.25) is 0 Å². The van der Waals surface area contributed by atoms with Crippen LogP contribution in [0.2, 0.25) is 5.02 Å². The molecule has 1 N–H and O–H groups in total. The van der Waals surface area contributed by atoms with Gasteiger partial charge in [-0.1, -0.05) is 23.7 Å². The molecule has 2 nitrogen and oxygen atoms in total. The van der Waals surface area contributed by atoms with Crippen molar-refractivity contribution in [3.8, 4) is 0 Å². The number of rotatable bonds is 5. The molecule has 100 valence electrons. The van der Waals surface area contributed by atoms with Crippen LogP contribution in [0, 0.1) is 0 Å². The van der Waals surface area contributed by atoms with Gasteiger partial charge in [-0.05, 0) is 57.5 Å². The molecule has 18 heavy (non-hydrogen) atoms. The Kier molecular flexibility index (Phi) is 4.66. The minimum atomic E-state index is 0.566. The van der Waals surface area contributed by atoms with Crippen molar-refractivity contribution in [3.63, 3.8) is 0 Å². The molecule has 1 unspecified atom stereocenters. The Bertz CT molecular complexity index is 369. The summed E-state index contributed by atoms with van der Waals surface area (Å²) >= 11 is 5.91. The van der Waals surface area contributed by atoms with E-state index in [1.165, 1.54) is 18.4 Å². The minimum Gasteiger partial charge on any atom is -0.310 e. The second-order valence-electron chi connectivity index (χ2n) is 5.75. The number of nitrogens with one attached hydrogen (secondary N) is 1. The highest BCUT2D eigenvalue weighted by Gasteiger charge is 2.30. The maximum absolute atomic E-state index is 5.91. The second kappa shape index (κ2) is 6.05. The van der Waals surface area contributed by atoms with E-state index >= 15 is 0 Å². The van der Waals surface area contributed by atoms with Gasteiger partial charge in [-0.15, -0.1) is 0 Å². The zero-order chi connectivity index (χ0) is 13.1. The zero-order valence-corrected chi connectivity index (χ0v) is 12.2. The lowest BCUT2D eigenvalue weighted by molar-refractivity contribution is 0.245. The van der Waals surface area contributed by atoms with Gasteiger partial charge in [-0.3, -0.25) is 0 Å². The van der Waals surface area contributed by atoms with Crippen molar-refractivity contribution >= 4 is 11.6 Å². The fourth-order valence-electron chi connectivity index (χ4n) is 2.76. The first-order chi connectivity index (χ1) is 8.54. The molecule has 0 saturated heterocycles. The second-order valence-corrected chi connectivity index (χ2v) is 6.18. The summed E-state index contributed by atoms with van der Waals surface area (Å²) in [6.45, 7) is 3.36. The molecule has 1 atom stereocenters. The van der Waals surface area contributed by atoms with Crippen LogP contribution in [0.4, 0.5) is 0 Å². The van der Waals surface area contributed by atoms with Crippen molar-refractivity contribution in [2.45, 2.75) is 37.8 Å². The van der Waals surface area contributed by atoms with Gasteiger partial charge < -0.3 is 10.2 Å². The van der Waals surface area contributed by atoms with Crippen molar-refractivity contribution < 1.29 is 0 Å². The summed E-state index contributed by atoms with van der Waals surface area (Å²) in [5.41, 5.74) is 1.43. The highest BCUT2D eigenvalue weighted by molar-refractivity contribution is 6.30. The third-order valence-corrected chi connectivity index (χ3v) is 3.89. The highest BCUT2D eigenvalue weighted by Crippen LogP contribution is 2.37. The smallest absolute Gasteiger partial charge is 0.0406 e. The van der Waals surface area contributed by atoms with Gasteiger partial charge in [-0.2, -0.15) is 0 Å². The maximum Gasteiger partial charge on any atom is 0.0406 e. The topological polar surface area (TPSA) is 15.3 Å².